The first-order valence-corrected chi connectivity index (χ1v) is 9.27. The van der Waals surface area contributed by atoms with Crippen molar-refractivity contribution in [2.75, 3.05) is 20.6 Å². The molecule has 150 valence electrons. The smallest absolute Gasteiger partial charge is 0.193 e. The first-order valence-electron chi connectivity index (χ1n) is 9.27. The number of aliphatic hydroxyl groups is 1. The third kappa shape index (κ3) is 5.73. The van der Waals surface area contributed by atoms with Crippen LogP contribution in [-0.2, 0) is 0 Å². The summed E-state index contributed by atoms with van der Waals surface area (Å²) in [4.78, 5) is 24.6. The standard InChI is InChI=1S/C22H28N2O4/c1-22(2,27)21(26)16-7-11-18(12-8-16)28-17-9-5-15(6-10-17)20(25)19(24-4)13-14-23-3/h5-12,19,23-24,27H,13-14H2,1-4H3. The van der Waals surface area contributed by atoms with Crippen LogP contribution >= 0.6 is 0 Å². The molecular weight excluding hydrogens is 356 g/mol. The molecule has 0 aliphatic heterocycles. The van der Waals surface area contributed by atoms with Crippen molar-refractivity contribution in [3.8, 4) is 11.5 Å². The van der Waals surface area contributed by atoms with Gasteiger partial charge >= 0.3 is 0 Å². The number of hydrogen-bond donors (Lipinski definition) is 3. The van der Waals surface area contributed by atoms with Gasteiger partial charge in [-0.25, -0.2) is 0 Å². The number of nitrogens with one attached hydrogen (secondary N) is 2. The summed E-state index contributed by atoms with van der Waals surface area (Å²) < 4.78 is 5.77. The maximum atomic E-state index is 12.6. The zero-order valence-corrected chi connectivity index (χ0v) is 16.8. The Morgan fingerprint density at radius 3 is 1.89 bits per heavy atom. The van der Waals surface area contributed by atoms with Gasteiger partial charge in [0.1, 0.15) is 17.1 Å². The van der Waals surface area contributed by atoms with Crippen LogP contribution in [-0.4, -0.2) is 49.0 Å². The zero-order valence-electron chi connectivity index (χ0n) is 16.8. The van der Waals surface area contributed by atoms with Gasteiger partial charge in [-0.05, 0) is 89.4 Å². The van der Waals surface area contributed by atoms with Crippen LogP contribution in [0.3, 0.4) is 0 Å². The largest absolute Gasteiger partial charge is 0.457 e. The van der Waals surface area contributed by atoms with Gasteiger partial charge in [-0.1, -0.05) is 0 Å². The summed E-state index contributed by atoms with van der Waals surface area (Å²) in [7, 11) is 3.64. The lowest BCUT2D eigenvalue weighted by atomic mass is 9.97. The second-order valence-electron chi connectivity index (χ2n) is 7.14. The third-order valence-electron chi connectivity index (χ3n) is 4.39. The van der Waals surface area contributed by atoms with Gasteiger partial charge in [0.2, 0.25) is 0 Å². The van der Waals surface area contributed by atoms with E-state index in [9.17, 15) is 14.7 Å². The number of carbonyl (C=O) groups is 2. The third-order valence-corrected chi connectivity index (χ3v) is 4.39. The van der Waals surface area contributed by atoms with E-state index < -0.39 is 5.60 Å². The van der Waals surface area contributed by atoms with Crippen LogP contribution in [0.15, 0.2) is 48.5 Å². The number of Topliss-reactive ketones (excluding diaryl/α,β-unsaturated/α-hetero) is 2. The second kappa shape index (κ2) is 9.59. The number of benzene rings is 2. The molecule has 0 bridgehead atoms. The summed E-state index contributed by atoms with van der Waals surface area (Å²) in [5.41, 5.74) is -0.377. The van der Waals surface area contributed by atoms with Gasteiger partial charge in [0.25, 0.3) is 0 Å². The van der Waals surface area contributed by atoms with E-state index >= 15 is 0 Å². The maximum Gasteiger partial charge on any atom is 0.193 e. The molecule has 1 atom stereocenters. The summed E-state index contributed by atoms with van der Waals surface area (Å²) in [6.07, 6.45) is 0.708. The van der Waals surface area contributed by atoms with Gasteiger partial charge in [0, 0.05) is 11.1 Å². The van der Waals surface area contributed by atoms with Crippen molar-refractivity contribution < 1.29 is 19.4 Å². The molecule has 0 saturated carbocycles. The lowest BCUT2D eigenvalue weighted by Gasteiger charge is -2.16. The lowest BCUT2D eigenvalue weighted by molar-refractivity contribution is 0.0488. The van der Waals surface area contributed by atoms with Crippen LogP contribution in [0.4, 0.5) is 0 Å². The Kier molecular flexibility index (Phi) is 7.45. The normalized spacial score (nSPS) is 12.5. The summed E-state index contributed by atoms with van der Waals surface area (Å²) >= 11 is 0. The van der Waals surface area contributed by atoms with Crippen LogP contribution in [0.25, 0.3) is 0 Å². The fourth-order valence-corrected chi connectivity index (χ4v) is 2.75. The molecule has 2 aromatic carbocycles. The molecule has 2 rings (SSSR count). The highest BCUT2D eigenvalue weighted by Gasteiger charge is 2.25. The Bertz CT molecular complexity index is 793. The van der Waals surface area contributed by atoms with Crippen molar-refractivity contribution in [3.05, 3.63) is 59.7 Å². The average Bonchev–Trinajstić information content (AvgIpc) is 2.68. The number of ketones is 2. The van der Waals surface area contributed by atoms with E-state index in [2.05, 4.69) is 10.6 Å². The molecule has 6 heteroatoms. The van der Waals surface area contributed by atoms with Crippen LogP contribution in [0, 0.1) is 0 Å². The van der Waals surface area contributed by atoms with Gasteiger partial charge in [-0.15, -0.1) is 0 Å². The number of carbonyl (C=O) groups excluding carboxylic acids is 2. The van der Waals surface area contributed by atoms with Crippen LogP contribution in [0.2, 0.25) is 0 Å². The lowest BCUT2D eigenvalue weighted by Crippen LogP contribution is -2.36. The predicted octanol–water partition coefficient (Wildman–Crippen LogP) is 2.81. The monoisotopic (exact) mass is 384 g/mol. The SMILES string of the molecule is CNCCC(NC)C(=O)c1ccc(Oc2ccc(C(=O)C(C)(C)O)cc2)cc1. The Balaban J connectivity index is 2.04. The molecule has 0 fully saturated rings. The van der Waals surface area contributed by atoms with Crippen molar-refractivity contribution in [1.82, 2.24) is 10.6 Å². The molecular formula is C22H28N2O4. The Morgan fingerprint density at radius 1 is 0.964 bits per heavy atom. The molecule has 0 amide bonds. The Morgan fingerprint density at radius 2 is 1.46 bits per heavy atom. The van der Waals surface area contributed by atoms with Crippen molar-refractivity contribution >= 4 is 11.6 Å². The highest BCUT2D eigenvalue weighted by Crippen LogP contribution is 2.24. The van der Waals surface area contributed by atoms with Crippen molar-refractivity contribution in [2.24, 2.45) is 0 Å². The van der Waals surface area contributed by atoms with E-state index in [1.807, 2.05) is 7.05 Å². The van der Waals surface area contributed by atoms with E-state index in [0.717, 1.165) is 6.54 Å². The maximum absolute atomic E-state index is 12.6. The molecule has 6 nitrogen and oxygen atoms in total. The minimum Gasteiger partial charge on any atom is -0.457 e. The Labute approximate surface area is 165 Å². The Hall–Kier alpha value is -2.54. The van der Waals surface area contributed by atoms with Gasteiger partial charge in [-0.2, -0.15) is 0 Å². The topological polar surface area (TPSA) is 87.7 Å². The molecule has 0 aliphatic rings. The minimum absolute atomic E-state index is 0.0405. The van der Waals surface area contributed by atoms with E-state index in [4.69, 9.17) is 4.74 Å². The zero-order chi connectivity index (χ0) is 20.7. The molecule has 0 heterocycles. The van der Waals surface area contributed by atoms with Gasteiger partial charge in [0.05, 0.1) is 6.04 Å². The predicted molar refractivity (Wildman–Crippen MR) is 109 cm³/mol. The fourth-order valence-electron chi connectivity index (χ4n) is 2.75. The first kappa shape index (κ1) is 21.8. The first-order chi connectivity index (χ1) is 13.3. The average molecular weight is 384 g/mol. The fraction of sp³-hybridized carbons (Fsp3) is 0.364. The van der Waals surface area contributed by atoms with Gasteiger partial charge in [0.15, 0.2) is 11.6 Å². The summed E-state index contributed by atoms with van der Waals surface area (Å²) in [5.74, 6) is 0.848. The van der Waals surface area contributed by atoms with Crippen LogP contribution < -0.4 is 15.4 Å². The second-order valence-corrected chi connectivity index (χ2v) is 7.14. The number of ether oxygens (including phenoxy) is 1. The molecule has 28 heavy (non-hydrogen) atoms. The van der Waals surface area contributed by atoms with E-state index in [-0.39, 0.29) is 17.6 Å². The summed E-state index contributed by atoms with van der Waals surface area (Å²) in [6.45, 7) is 3.67. The molecule has 3 N–H and O–H groups in total. The number of likely N-dealkylation sites (N-methyl/N-ethyl adjacent to an activating group) is 1. The number of rotatable bonds is 10. The van der Waals surface area contributed by atoms with E-state index in [0.29, 0.717) is 29.0 Å². The molecule has 0 radical (unpaired) electrons. The van der Waals surface area contributed by atoms with Crippen molar-refractivity contribution in [1.29, 1.82) is 0 Å². The van der Waals surface area contributed by atoms with Crippen molar-refractivity contribution in [3.63, 3.8) is 0 Å². The highest BCUT2D eigenvalue weighted by molar-refractivity contribution is 6.02. The molecule has 0 aromatic heterocycles. The van der Waals surface area contributed by atoms with Crippen LogP contribution in [0.5, 0.6) is 11.5 Å². The quantitative estimate of drug-likeness (QED) is 0.546. The van der Waals surface area contributed by atoms with Crippen molar-refractivity contribution in [2.45, 2.75) is 31.9 Å². The minimum atomic E-state index is -1.41. The van der Waals surface area contributed by atoms with Crippen LogP contribution in [0.1, 0.15) is 41.0 Å². The molecule has 2 aromatic rings. The number of hydrogen-bond acceptors (Lipinski definition) is 6. The highest BCUT2D eigenvalue weighted by atomic mass is 16.5. The molecule has 1 unspecified atom stereocenters. The van der Waals surface area contributed by atoms with E-state index in [1.54, 1.807) is 55.6 Å². The summed E-state index contributed by atoms with van der Waals surface area (Å²) in [6, 6.07) is 13.3. The summed E-state index contributed by atoms with van der Waals surface area (Å²) in [5, 5.41) is 15.9. The van der Waals surface area contributed by atoms with Gasteiger partial charge < -0.3 is 20.5 Å². The van der Waals surface area contributed by atoms with Gasteiger partial charge in [-0.3, -0.25) is 9.59 Å². The molecule has 0 saturated heterocycles. The van der Waals surface area contributed by atoms with E-state index in [1.165, 1.54) is 13.8 Å². The molecule has 0 aliphatic carbocycles. The molecule has 0 spiro atoms.